The summed E-state index contributed by atoms with van der Waals surface area (Å²) in [5, 5.41) is 13.7. The number of primary amides is 1. The van der Waals surface area contributed by atoms with Crippen LogP contribution >= 0.6 is 0 Å². The molecule has 5 aliphatic rings. The number of benzene rings is 2. The molecule has 20 heteroatoms. The number of halogens is 1. The Morgan fingerprint density at radius 3 is 2.43 bits per heavy atom. The number of fused-ring (bicyclic) bond motifs is 1. The average Bonchev–Trinajstić information content (AvgIpc) is 3.93. The standard InChI is InChI=1S/C41H51FN14O5/c1-49-14-19-55(40(49)60)28-4-3-12-54(24-28)39-46-37(35(36(43)58)47-48-39)44-26-5-7-30(29(42)20-26)52-17-15-51(16-18-52)22-25-11-13-53(23-25)27-6-8-31-33(21-27)50(2)41(61)56(31)32-9-10-34(57)45-38(32)59/h5-8,20-21,25,28,32H,3-4,9-19,22-24H2,1-2H3,(H2,43,58)(H,44,46,48)(H,45,57,59)/t25?,28-,32?/m1/s1. The number of imide groups is 1. The van der Waals surface area contributed by atoms with Gasteiger partial charge in [0.2, 0.25) is 17.8 Å². The number of rotatable bonds is 10. The summed E-state index contributed by atoms with van der Waals surface area (Å²) in [6.45, 7) is 8.11. The van der Waals surface area contributed by atoms with Crippen molar-refractivity contribution < 1.29 is 23.6 Å². The van der Waals surface area contributed by atoms with Crippen LogP contribution in [0.2, 0.25) is 0 Å². The zero-order chi connectivity index (χ0) is 42.5. The highest BCUT2D eigenvalue weighted by atomic mass is 19.1. The number of piperazine rings is 1. The third kappa shape index (κ3) is 7.79. The first-order valence-electron chi connectivity index (χ1n) is 21.1. The van der Waals surface area contributed by atoms with Gasteiger partial charge in [0, 0.05) is 104 Å². The molecule has 61 heavy (non-hydrogen) atoms. The number of imidazole rings is 1. The number of carbonyl (C=O) groups excluding carboxylic acids is 4. The summed E-state index contributed by atoms with van der Waals surface area (Å²) >= 11 is 0. The monoisotopic (exact) mass is 838 g/mol. The SMILES string of the molecule is CN1CCN([C@@H]2CCCN(c3nnc(C(N)=O)c(Nc4ccc(N5CCN(CC6CCN(c7ccc8c(c7)n(C)c(=O)n8C7CCC(=O)NC7=O)C6)CC5)c(F)c4)n3)C2)C1=O. The number of likely N-dealkylation sites (N-methyl/N-ethyl adjacent to an activating group) is 1. The number of amides is 5. The molecule has 5 fully saturated rings. The zero-order valence-electron chi connectivity index (χ0n) is 34.4. The molecule has 322 valence electrons. The second kappa shape index (κ2) is 16.3. The molecular weight excluding hydrogens is 788 g/mol. The van der Waals surface area contributed by atoms with Gasteiger partial charge in [-0.2, -0.15) is 4.98 Å². The lowest BCUT2D eigenvalue weighted by Gasteiger charge is -2.37. The maximum Gasteiger partial charge on any atom is 0.329 e. The Labute approximate surface area is 351 Å². The minimum absolute atomic E-state index is 0.00138. The summed E-state index contributed by atoms with van der Waals surface area (Å²) in [5.41, 5.74) is 8.50. The molecule has 2 unspecified atom stereocenters. The summed E-state index contributed by atoms with van der Waals surface area (Å²) in [6.07, 6.45) is 3.21. The first kappa shape index (κ1) is 40.1. The molecule has 9 rings (SSSR count). The molecule has 0 radical (unpaired) electrons. The van der Waals surface area contributed by atoms with Gasteiger partial charge < -0.3 is 35.6 Å². The summed E-state index contributed by atoms with van der Waals surface area (Å²) < 4.78 is 18.9. The number of nitrogens with two attached hydrogens (primary N) is 1. The number of hydrogen-bond acceptors (Lipinski definition) is 13. The quantitative estimate of drug-likeness (QED) is 0.194. The number of aromatic nitrogens is 5. The van der Waals surface area contributed by atoms with Crippen LogP contribution < -0.4 is 36.8 Å². The number of nitrogens with one attached hydrogen (secondary N) is 2. The van der Waals surface area contributed by atoms with Crippen LogP contribution in [-0.2, 0) is 16.6 Å². The summed E-state index contributed by atoms with van der Waals surface area (Å²) in [6, 6.07) is 10.1. The molecule has 3 atom stereocenters. The summed E-state index contributed by atoms with van der Waals surface area (Å²) in [7, 11) is 3.50. The smallest absolute Gasteiger partial charge is 0.329 e. The van der Waals surface area contributed by atoms with Crippen molar-refractivity contribution in [2.45, 2.75) is 44.2 Å². The van der Waals surface area contributed by atoms with E-state index in [0.717, 1.165) is 63.2 Å². The fraction of sp³-hybridized carbons (Fsp3) is 0.512. The molecule has 19 nitrogen and oxygen atoms in total. The maximum atomic E-state index is 15.8. The van der Waals surface area contributed by atoms with Crippen molar-refractivity contribution in [2.24, 2.45) is 18.7 Å². The molecule has 2 aromatic heterocycles. The highest BCUT2D eigenvalue weighted by Crippen LogP contribution is 2.32. The van der Waals surface area contributed by atoms with E-state index < -0.39 is 23.7 Å². The van der Waals surface area contributed by atoms with Crippen LogP contribution in [0.3, 0.4) is 0 Å². The lowest BCUT2D eigenvalue weighted by atomic mass is 10.0. The lowest BCUT2D eigenvalue weighted by Crippen LogP contribution is -2.49. The predicted molar refractivity (Wildman–Crippen MR) is 226 cm³/mol. The normalized spacial score (nSPS) is 22.8. The largest absolute Gasteiger partial charge is 0.371 e. The maximum absolute atomic E-state index is 15.8. The molecule has 0 bridgehead atoms. The van der Waals surface area contributed by atoms with Gasteiger partial charge in [0.1, 0.15) is 11.9 Å². The number of aryl methyl sites for hydroxylation is 1. The second-order valence-electron chi connectivity index (χ2n) is 16.8. The molecule has 5 saturated heterocycles. The van der Waals surface area contributed by atoms with Crippen LogP contribution in [-0.4, -0.2) is 148 Å². The van der Waals surface area contributed by atoms with Crippen LogP contribution in [0, 0.1) is 11.7 Å². The van der Waals surface area contributed by atoms with Crippen LogP contribution in [0.25, 0.3) is 11.0 Å². The Hall–Kier alpha value is -6.31. The number of anilines is 5. The molecule has 7 heterocycles. The predicted octanol–water partition coefficient (Wildman–Crippen LogP) is 1.47. The van der Waals surface area contributed by atoms with Crippen LogP contribution in [0.1, 0.15) is 48.6 Å². The van der Waals surface area contributed by atoms with Gasteiger partial charge in [-0.25, -0.2) is 14.0 Å². The average molecular weight is 839 g/mol. The Morgan fingerprint density at radius 1 is 0.869 bits per heavy atom. The summed E-state index contributed by atoms with van der Waals surface area (Å²) in [4.78, 5) is 79.6. The van der Waals surface area contributed by atoms with Gasteiger partial charge in [-0.05, 0) is 68.0 Å². The first-order valence-corrected chi connectivity index (χ1v) is 21.1. The van der Waals surface area contributed by atoms with E-state index in [4.69, 9.17) is 5.73 Å². The van der Waals surface area contributed by atoms with Crippen LogP contribution in [0.15, 0.2) is 41.2 Å². The van der Waals surface area contributed by atoms with Gasteiger partial charge >= 0.3 is 11.7 Å². The van der Waals surface area contributed by atoms with Gasteiger partial charge in [0.05, 0.1) is 22.8 Å². The van der Waals surface area contributed by atoms with Crippen LogP contribution in [0.5, 0.6) is 0 Å². The molecule has 0 aliphatic carbocycles. The Kier molecular flexibility index (Phi) is 10.7. The Balaban J connectivity index is 0.799. The molecule has 0 saturated carbocycles. The van der Waals surface area contributed by atoms with E-state index in [2.05, 4.69) is 35.6 Å². The fourth-order valence-corrected chi connectivity index (χ4v) is 9.61. The number of urea groups is 1. The number of hydrogen-bond donors (Lipinski definition) is 3. The number of piperidine rings is 2. The zero-order valence-corrected chi connectivity index (χ0v) is 34.4. The van der Waals surface area contributed by atoms with Crippen molar-refractivity contribution in [2.75, 3.05) is 99.1 Å². The van der Waals surface area contributed by atoms with Crippen molar-refractivity contribution in [3.8, 4) is 0 Å². The van der Waals surface area contributed by atoms with Gasteiger partial charge in [-0.15, -0.1) is 10.2 Å². The number of carbonyl (C=O) groups is 4. The molecule has 4 aromatic rings. The summed E-state index contributed by atoms with van der Waals surface area (Å²) in [5.74, 6) is -1.17. The lowest BCUT2D eigenvalue weighted by molar-refractivity contribution is -0.135. The Bertz CT molecular complexity index is 2450. The van der Waals surface area contributed by atoms with E-state index in [-0.39, 0.29) is 41.6 Å². The number of nitrogens with zero attached hydrogens (tertiary/aromatic N) is 11. The molecule has 0 spiro atoms. The van der Waals surface area contributed by atoms with E-state index in [9.17, 15) is 24.0 Å². The fourth-order valence-electron chi connectivity index (χ4n) is 9.61. The second-order valence-corrected chi connectivity index (χ2v) is 16.8. The highest BCUT2D eigenvalue weighted by Gasteiger charge is 2.36. The van der Waals surface area contributed by atoms with E-state index >= 15 is 4.39 Å². The minimum Gasteiger partial charge on any atom is -0.371 e. The third-order valence-corrected chi connectivity index (χ3v) is 13.0. The van der Waals surface area contributed by atoms with Crippen molar-refractivity contribution in [3.63, 3.8) is 0 Å². The van der Waals surface area contributed by atoms with E-state index in [0.29, 0.717) is 74.4 Å². The molecule has 5 aliphatic heterocycles. The third-order valence-electron chi connectivity index (χ3n) is 13.0. The van der Waals surface area contributed by atoms with E-state index in [1.165, 1.54) is 10.6 Å². The topological polar surface area (TPSA) is 203 Å². The van der Waals surface area contributed by atoms with Gasteiger partial charge in [-0.3, -0.25) is 33.7 Å². The van der Waals surface area contributed by atoms with E-state index in [1.54, 1.807) is 35.7 Å². The highest BCUT2D eigenvalue weighted by molar-refractivity contribution is 6.00. The van der Waals surface area contributed by atoms with Crippen molar-refractivity contribution in [3.05, 3.63) is 58.4 Å². The Morgan fingerprint density at radius 2 is 1.69 bits per heavy atom. The van der Waals surface area contributed by atoms with Gasteiger partial charge in [0.25, 0.3) is 5.91 Å². The van der Waals surface area contributed by atoms with Crippen molar-refractivity contribution >= 4 is 63.6 Å². The van der Waals surface area contributed by atoms with Gasteiger partial charge in [-0.1, -0.05) is 0 Å². The van der Waals surface area contributed by atoms with Crippen molar-refractivity contribution in [1.82, 2.24) is 44.3 Å². The van der Waals surface area contributed by atoms with Crippen LogP contribution in [0.4, 0.5) is 38.0 Å². The first-order chi connectivity index (χ1) is 29.4. The molecular formula is C41H51FN14O5. The van der Waals surface area contributed by atoms with E-state index in [1.807, 2.05) is 32.9 Å². The molecule has 4 N–H and O–H groups in total. The molecule has 5 amide bonds. The van der Waals surface area contributed by atoms with Crippen molar-refractivity contribution in [1.29, 1.82) is 0 Å². The van der Waals surface area contributed by atoms with Gasteiger partial charge in [0.15, 0.2) is 11.5 Å². The molecule has 2 aromatic carbocycles. The minimum atomic E-state index is -0.814.